The molecule has 22 heavy (non-hydrogen) atoms. The zero-order valence-electron chi connectivity index (χ0n) is 12.5. The van der Waals surface area contributed by atoms with Crippen molar-refractivity contribution in [2.45, 2.75) is 12.8 Å². The minimum Gasteiger partial charge on any atom is -0.494 e. The molecule has 0 saturated heterocycles. The van der Waals surface area contributed by atoms with Crippen molar-refractivity contribution < 1.29 is 9.53 Å². The van der Waals surface area contributed by atoms with E-state index in [1.165, 1.54) is 0 Å². The van der Waals surface area contributed by atoms with Gasteiger partial charge in [0, 0.05) is 36.6 Å². The van der Waals surface area contributed by atoms with Crippen LogP contribution in [0.3, 0.4) is 0 Å². The normalized spacial score (nSPS) is 10.3. The van der Waals surface area contributed by atoms with E-state index in [-0.39, 0.29) is 5.91 Å². The largest absolute Gasteiger partial charge is 0.494 e. The van der Waals surface area contributed by atoms with Gasteiger partial charge in [0.15, 0.2) is 0 Å². The summed E-state index contributed by atoms with van der Waals surface area (Å²) in [7, 11) is 1.81. The third-order valence-corrected chi connectivity index (χ3v) is 3.50. The van der Waals surface area contributed by atoms with E-state index >= 15 is 0 Å². The molecule has 2 aromatic rings. The van der Waals surface area contributed by atoms with E-state index in [0.717, 1.165) is 18.6 Å². The third kappa shape index (κ3) is 5.04. The Morgan fingerprint density at radius 2 is 1.82 bits per heavy atom. The summed E-state index contributed by atoms with van der Waals surface area (Å²) < 4.78 is 5.62. The first kappa shape index (κ1) is 16.3. The molecular formula is C17H19ClN2O2. The topological polar surface area (TPSA) is 42.4 Å². The molecule has 0 saturated carbocycles. The number of carbonyl (C=O) groups is 1. The first-order valence-electron chi connectivity index (χ1n) is 7.20. The van der Waals surface area contributed by atoms with E-state index in [9.17, 15) is 4.79 Å². The van der Waals surface area contributed by atoms with Gasteiger partial charge < -0.3 is 9.64 Å². The van der Waals surface area contributed by atoms with Gasteiger partial charge in [0.2, 0.25) is 0 Å². The predicted octanol–water partition coefficient (Wildman–Crippen LogP) is 3.67. The number of aromatic nitrogens is 1. The number of unbranched alkanes of at least 4 members (excludes halogenated alkanes) is 1. The van der Waals surface area contributed by atoms with E-state index in [4.69, 9.17) is 16.3 Å². The molecule has 4 nitrogen and oxygen atoms in total. The van der Waals surface area contributed by atoms with E-state index in [0.29, 0.717) is 23.7 Å². The van der Waals surface area contributed by atoms with Crippen LogP contribution in [-0.2, 0) is 0 Å². The molecule has 0 fully saturated rings. The predicted molar refractivity (Wildman–Crippen MR) is 87.4 cm³/mol. The average Bonchev–Trinajstić information content (AvgIpc) is 2.56. The number of pyridine rings is 1. The van der Waals surface area contributed by atoms with E-state index in [1.54, 1.807) is 41.6 Å². The quantitative estimate of drug-likeness (QED) is 0.732. The standard InChI is InChI=1S/C17H19ClN2O2/c1-20(17(21)14-8-10-19-11-9-14)12-2-3-13-22-16-6-4-15(18)5-7-16/h4-11H,2-3,12-13H2,1H3. The van der Waals surface area contributed by atoms with Crippen LogP contribution in [0, 0.1) is 0 Å². The molecule has 0 atom stereocenters. The van der Waals surface area contributed by atoms with Crippen LogP contribution in [0.5, 0.6) is 5.75 Å². The van der Waals surface area contributed by atoms with Gasteiger partial charge in [0.1, 0.15) is 5.75 Å². The van der Waals surface area contributed by atoms with Gasteiger partial charge in [-0.2, -0.15) is 0 Å². The summed E-state index contributed by atoms with van der Waals surface area (Å²) in [6.45, 7) is 1.32. The number of rotatable bonds is 7. The van der Waals surface area contributed by atoms with Crippen LogP contribution in [-0.4, -0.2) is 36.0 Å². The molecule has 0 radical (unpaired) electrons. The number of halogens is 1. The van der Waals surface area contributed by atoms with Gasteiger partial charge in [0.25, 0.3) is 5.91 Å². The molecule has 2 rings (SSSR count). The van der Waals surface area contributed by atoms with Crippen LogP contribution in [0.2, 0.25) is 5.02 Å². The maximum absolute atomic E-state index is 12.1. The molecular weight excluding hydrogens is 300 g/mol. The number of hydrogen-bond acceptors (Lipinski definition) is 3. The second-order valence-corrected chi connectivity index (χ2v) is 5.41. The average molecular weight is 319 g/mol. The Morgan fingerprint density at radius 1 is 1.14 bits per heavy atom. The first-order valence-corrected chi connectivity index (χ1v) is 7.58. The van der Waals surface area contributed by atoms with Gasteiger partial charge in [-0.3, -0.25) is 9.78 Å². The summed E-state index contributed by atoms with van der Waals surface area (Å²) in [5.74, 6) is 0.826. The molecule has 0 aliphatic heterocycles. The highest BCUT2D eigenvalue weighted by Crippen LogP contribution is 2.15. The van der Waals surface area contributed by atoms with Crippen molar-refractivity contribution in [2.75, 3.05) is 20.2 Å². The molecule has 1 heterocycles. The monoisotopic (exact) mass is 318 g/mol. The third-order valence-electron chi connectivity index (χ3n) is 3.24. The van der Waals surface area contributed by atoms with Crippen LogP contribution >= 0.6 is 11.6 Å². The first-order chi connectivity index (χ1) is 10.7. The van der Waals surface area contributed by atoms with Gasteiger partial charge in [-0.25, -0.2) is 0 Å². The molecule has 1 aromatic carbocycles. The molecule has 0 aliphatic rings. The lowest BCUT2D eigenvalue weighted by molar-refractivity contribution is 0.0791. The Labute approximate surface area is 135 Å². The smallest absolute Gasteiger partial charge is 0.253 e. The van der Waals surface area contributed by atoms with Crippen LogP contribution in [0.4, 0.5) is 0 Å². The Kier molecular flexibility index (Phi) is 6.22. The number of ether oxygens (including phenoxy) is 1. The Hall–Kier alpha value is -2.07. The van der Waals surface area contributed by atoms with Crippen molar-refractivity contribution in [2.24, 2.45) is 0 Å². The number of carbonyl (C=O) groups excluding carboxylic acids is 1. The van der Waals surface area contributed by atoms with Gasteiger partial charge in [-0.05, 0) is 49.2 Å². The maximum Gasteiger partial charge on any atom is 0.253 e. The van der Waals surface area contributed by atoms with Gasteiger partial charge >= 0.3 is 0 Å². The summed E-state index contributed by atoms with van der Waals surface area (Å²) in [6, 6.07) is 10.8. The SMILES string of the molecule is CN(CCCCOc1ccc(Cl)cc1)C(=O)c1ccncc1. The number of hydrogen-bond donors (Lipinski definition) is 0. The summed E-state index contributed by atoms with van der Waals surface area (Å²) in [5.41, 5.74) is 0.662. The highest BCUT2D eigenvalue weighted by molar-refractivity contribution is 6.30. The molecule has 116 valence electrons. The maximum atomic E-state index is 12.1. The lowest BCUT2D eigenvalue weighted by Crippen LogP contribution is -2.27. The molecule has 0 bridgehead atoms. The lowest BCUT2D eigenvalue weighted by atomic mass is 10.2. The fraction of sp³-hybridized carbons (Fsp3) is 0.294. The molecule has 0 aliphatic carbocycles. The number of amides is 1. The zero-order chi connectivity index (χ0) is 15.8. The van der Waals surface area contributed by atoms with Gasteiger partial charge in [-0.15, -0.1) is 0 Å². The van der Waals surface area contributed by atoms with E-state index in [1.807, 2.05) is 19.2 Å². The van der Waals surface area contributed by atoms with Crippen molar-refractivity contribution in [3.8, 4) is 5.75 Å². The molecule has 0 unspecified atom stereocenters. The van der Waals surface area contributed by atoms with Gasteiger partial charge in [-0.1, -0.05) is 11.6 Å². The number of benzene rings is 1. The van der Waals surface area contributed by atoms with Crippen LogP contribution in [0.1, 0.15) is 23.2 Å². The van der Waals surface area contributed by atoms with Crippen LogP contribution in [0.25, 0.3) is 0 Å². The van der Waals surface area contributed by atoms with Crippen molar-refractivity contribution in [1.82, 2.24) is 9.88 Å². The van der Waals surface area contributed by atoms with E-state index in [2.05, 4.69) is 4.98 Å². The summed E-state index contributed by atoms with van der Waals surface area (Å²) >= 11 is 5.81. The zero-order valence-corrected chi connectivity index (χ0v) is 13.3. The molecule has 0 spiro atoms. The Balaban J connectivity index is 1.66. The fourth-order valence-corrected chi connectivity index (χ4v) is 2.11. The van der Waals surface area contributed by atoms with Crippen molar-refractivity contribution in [3.05, 3.63) is 59.4 Å². The summed E-state index contributed by atoms with van der Waals surface area (Å²) in [6.07, 6.45) is 5.03. The Bertz CT molecular complexity index is 587. The minimum atomic E-state index is 0.0148. The van der Waals surface area contributed by atoms with E-state index < -0.39 is 0 Å². The van der Waals surface area contributed by atoms with Gasteiger partial charge in [0.05, 0.1) is 6.61 Å². The molecule has 1 aromatic heterocycles. The molecule has 5 heteroatoms. The molecule has 0 N–H and O–H groups in total. The lowest BCUT2D eigenvalue weighted by Gasteiger charge is -2.17. The van der Waals surface area contributed by atoms with Crippen LogP contribution in [0.15, 0.2) is 48.8 Å². The highest BCUT2D eigenvalue weighted by atomic mass is 35.5. The van der Waals surface area contributed by atoms with Crippen molar-refractivity contribution in [3.63, 3.8) is 0 Å². The minimum absolute atomic E-state index is 0.0148. The second kappa shape index (κ2) is 8.39. The van der Waals surface area contributed by atoms with Crippen LogP contribution < -0.4 is 4.74 Å². The summed E-state index contributed by atoms with van der Waals surface area (Å²) in [4.78, 5) is 17.7. The summed E-state index contributed by atoms with van der Waals surface area (Å²) in [5, 5.41) is 0.698. The van der Waals surface area contributed by atoms with Crippen molar-refractivity contribution in [1.29, 1.82) is 0 Å². The molecule has 1 amide bonds. The highest BCUT2D eigenvalue weighted by Gasteiger charge is 2.10. The second-order valence-electron chi connectivity index (χ2n) is 4.97. The fourth-order valence-electron chi connectivity index (χ4n) is 1.99. The van der Waals surface area contributed by atoms with Crippen molar-refractivity contribution >= 4 is 17.5 Å². The number of nitrogens with zero attached hydrogens (tertiary/aromatic N) is 2. The Morgan fingerprint density at radius 3 is 2.50 bits per heavy atom.